The molecule has 0 radical (unpaired) electrons. The van der Waals surface area contributed by atoms with E-state index in [4.69, 9.17) is 16.3 Å². The summed E-state index contributed by atoms with van der Waals surface area (Å²) in [7, 11) is 0. The van der Waals surface area contributed by atoms with Crippen LogP contribution in [0.3, 0.4) is 0 Å². The average Bonchev–Trinajstić information content (AvgIpc) is 2.35. The molecule has 1 N–H and O–H groups in total. The molecule has 0 saturated carbocycles. The van der Waals surface area contributed by atoms with E-state index in [0.29, 0.717) is 17.3 Å². The first-order chi connectivity index (χ1) is 8.17. The van der Waals surface area contributed by atoms with Gasteiger partial charge in [0.15, 0.2) is 0 Å². The van der Waals surface area contributed by atoms with Crippen LogP contribution < -0.4 is 4.74 Å². The SMILES string of the molecule is CCN(CC)C[C@H](O)COc1ccccc1Cl. The smallest absolute Gasteiger partial charge is 0.138 e. The first kappa shape index (κ1) is 14.3. The molecule has 1 aromatic rings. The number of aliphatic hydroxyl groups excluding tert-OH is 1. The minimum Gasteiger partial charge on any atom is -0.489 e. The summed E-state index contributed by atoms with van der Waals surface area (Å²) in [5.74, 6) is 0.618. The number of hydrogen-bond donors (Lipinski definition) is 1. The van der Waals surface area contributed by atoms with E-state index in [-0.39, 0.29) is 6.61 Å². The maximum Gasteiger partial charge on any atom is 0.138 e. The summed E-state index contributed by atoms with van der Waals surface area (Å²) in [5.41, 5.74) is 0. The summed E-state index contributed by atoms with van der Waals surface area (Å²) in [4.78, 5) is 2.15. The predicted octanol–water partition coefficient (Wildman–Crippen LogP) is 2.42. The molecule has 4 heteroatoms. The molecule has 3 nitrogen and oxygen atoms in total. The molecule has 17 heavy (non-hydrogen) atoms. The standard InChI is InChI=1S/C13H20ClNO2/c1-3-15(4-2)9-11(16)10-17-13-8-6-5-7-12(13)14/h5-8,11,16H,3-4,9-10H2,1-2H3/t11-/m0/s1. The molecule has 0 bridgehead atoms. The molecule has 1 rings (SSSR count). The van der Waals surface area contributed by atoms with Crippen molar-refractivity contribution in [3.8, 4) is 5.75 Å². The van der Waals surface area contributed by atoms with Gasteiger partial charge >= 0.3 is 0 Å². The first-order valence-corrected chi connectivity index (χ1v) is 6.32. The molecule has 0 saturated heterocycles. The van der Waals surface area contributed by atoms with Gasteiger partial charge in [-0.05, 0) is 25.2 Å². The van der Waals surface area contributed by atoms with E-state index in [1.54, 1.807) is 12.1 Å². The number of aliphatic hydroxyl groups is 1. The van der Waals surface area contributed by atoms with Crippen LogP contribution in [0.15, 0.2) is 24.3 Å². The summed E-state index contributed by atoms with van der Waals surface area (Å²) < 4.78 is 5.48. The lowest BCUT2D eigenvalue weighted by Crippen LogP contribution is -2.35. The number of benzene rings is 1. The molecule has 96 valence electrons. The molecule has 0 amide bonds. The quantitative estimate of drug-likeness (QED) is 0.814. The molecule has 0 spiro atoms. The van der Waals surface area contributed by atoms with Crippen molar-refractivity contribution in [2.45, 2.75) is 20.0 Å². The maximum atomic E-state index is 9.82. The molecule has 0 unspecified atom stereocenters. The Kier molecular flexibility index (Phi) is 6.34. The number of para-hydroxylation sites is 1. The summed E-state index contributed by atoms with van der Waals surface area (Å²) in [6.07, 6.45) is -0.494. The van der Waals surface area contributed by atoms with Gasteiger partial charge in [-0.2, -0.15) is 0 Å². The number of hydrogen-bond acceptors (Lipinski definition) is 3. The van der Waals surface area contributed by atoms with Crippen LogP contribution in [0.4, 0.5) is 0 Å². The van der Waals surface area contributed by atoms with Gasteiger partial charge in [0.25, 0.3) is 0 Å². The van der Waals surface area contributed by atoms with Crippen LogP contribution >= 0.6 is 11.6 Å². The van der Waals surface area contributed by atoms with Crippen LogP contribution in [-0.2, 0) is 0 Å². The van der Waals surface area contributed by atoms with Crippen molar-refractivity contribution in [2.24, 2.45) is 0 Å². The van der Waals surface area contributed by atoms with E-state index in [9.17, 15) is 5.11 Å². The Morgan fingerprint density at radius 1 is 1.29 bits per heavy atom. The lowest BCUT2D eigenvalue weighted by atomic mass is 10.3. The second-order valence-electron chi connectivity index (χ2n) is 3.88. The highest BCUT2D eigenvalue weighted by Gasteiger charge is 2.10. The summed E-state index contributed by atoms with van der Waals surface area (Å²) in [6, 6.07) is 7.28. The summed E-state index contributed by atoms with van der Waals surface area (Å²) in [6.45, 7) is 6.90. The van der Waals surface area contributed by atoms with Gasteiger partial charge in [0.05, 0.1) is 5.02 Å². The lowest BCUT2D eigenvalue weighted by molar-refractivity contribution is 0.0717. The second-order valence-corrected chi connectivity index (χ2v) is 4.29. The zero-order valence-electron chi connectivity index (χ0n) is 10.4. The third-order valence-electron chi connectivity index (χ3n) is 2.63. The molecule has 0 aliphatic heterocycles. The van der Waals surface area contributed by atoms with Gasteiger partial charge in [0, 0.05) is 6.54 Å². The van der Waals surface area contributed by atoms with Crippen LogP contribution in [0.1, 0.15) is 13.8 Å². The van der Waals surface area contributed by atoms with E-state index in [1.165, 1.54) is 0 Å². The third-order valence-corrected chi connectivity index (χ3v) is 2.94. The number of halogens is 1. The third kappa shape index (κ3) is 4.94. The van der Waals surface area contributed by atoms with Gasteiger partial charge in [-0.3, -0.25) is 0 Å². The monoisotopic (exact) mass is 257 g/mol. The summed E-state index contributed by atoms with van der Waals surface area (Å²) in [5, 5.41) is 10.4. The number of rotatable bonds is 7. The van der Waals surface area contributed by atoms with E-state index < -0.39 is 6.10 Å². The Bertz CT molecular complexity index is 329. The molecule has 1 atom stereocenters. The molecule has 0 heterocycles. The van der Waals surface area contributed by atoms with E-state index >= 15 is 0 Å². The van der Waals surface area contributed by atoms with Gasteiger partial charge in [-0.1, -0.05) is 37.6 Å². The van der Waals surface area contributed by atoms with Crippen molar-refractivity contribution in [1.29, 1.82) is 0 Å². The van der Waals surface area contributed by atoms with Gasteiger partial charge in [-0.25, -0.2) is 0 Å². The molecule has 0 aliphatic carbocycles. The highest BCUT2D eigenvalue weighted by atomic mass is 35.5. The van der Waals surface area contributed by atoms with Crippen LogP contribution in [0, 0.1) is 0 Å². The van der Waals surface area contributed by atoms with Crippen LogP contribution in [0.25, 0.3) is 0 Å². The van der Waals surface area contributed by atoms with Crippen LogP contribution in [0.2, 0.25) is 5.02 Å². The van der Waals surface area contributed by atoms with Crippen molar-refractivity contribution in [2.75, 3.05) is 26.2 Å². The van der Waals surface area contributed by atoms with Crippen LogP contribution in [-0.4, -0.2) is 42.4 Å². The minimum atomic E-state index is -0.494. The van der Waals surface area contributed by atoms with Crippen LogP contribution in [0.5, 0.6) is 5.75 Å². The first-order valence-electron chi connectivity index (χ1n) is 5.95. The Hall–Kier alpha value is -0.770. The Morgan fingerprint density at radius 3 is 2.53 bits per heavy atom. The van der Waals surface area contributed by atoms with Gasteiger partial charge in [0.2, 0.25) is 0 Å². The fraction of sp³-hybridized carbons (Fsp3) is 0.538. The second kappa shape index (κ2) is 7.54. The topological polar surface area (TPSA) is 32.7 Å². The Labute approximate surface area is 108 Å². The van der Waals surface area contributed by atoms with E-state index in [2.05, 4.69) is 18.7 Å². The molecular formula is C13H20ClNO2. The normalized spacial score (nSPS) is 12.8. The van der Waals surface area contributed by atoms with Crippen molar-refractivity contribution in [3.05, 3.63) is 29.3 Å². The molecule has 0 fully saturated rings. The van der Waals surface area contributed by atoms with Gasteiger partial charge in [0.1, 0.15) is 18.5 Å². The highest BCUT2D eigenvalue weighted by Crippen LogP contribution is 2.23. The highest BCUT2D eigenvalue weighted by molar-refractivity contribution is 6.32. The van der Waals surface area contributed by atoms with E-state index in [0.717, 1.165) is 13.1 Å². The Balaban J connectivity index is 2.38. The van der Waals surface area contributed by atoms with Crippen molar-refractivity contribution in [3.63, 3.8) is 0 Å². The van der Waals surface area contributed by atoms with Crippen molar-refractivity contribution >= 4 is 11.6 Å². The zero-order chi connectivity index (χ0) is 12.7. The number of nitrogens with zero attached hydrogens (tertiary/aromatic N) is 1. The zero-order valence-corrected chi connectivity index (χ0v) is 11.2. The predicted molar refractivity (Wildman–Crippen MR) is 70.7 cm³/mol. The Morgan fingerprint density at radius 2 is 1.94 bits per heavy atom. The molecule has 1 aromatic carbocycles. The lowest BCUT2D eigenvalue weighted by Gasteiger charge is -2.22. The molecular weight excluding hydrogens is 238 g/mol. The summed E-state index contributed by atoms with van der Waals surface area (Å²) >= 11 is 5.95. The van der Waals surface area contributed by atoms with Crippen molar-refractivity contribution < 1.29 is 9.84 Å². The maximum absolute atomic E-state index is 9.82. The fourth-order valence-electron chi connectivity index (χ4n) is 1.58. The van der Waals surface area contributed by atoms with Gasteiger partial charge < -0.3 is 14.7 Å². The molecule has 0 aromatic heterocycles. The van der Waals surface area contributed by atoms with Crippen molar-refractivity contribution in [1.82, 2.24) is 4.90 Å². The number of ether oxygens (including phenoxy) is 1. The number of likely N-dealkylation sites (N-methyl/N-ethyl adjacent to an activating group) is 1. The largest absolute Gasteiger partial charge is 0.489 e. The minimum absolute atomic E-state index is 0.264. The van der Waals surface area contributed by atoms with E-state index in [1.807, 2.05) is 12.1 Å². The molecule has 0 aliphatic rings. The average molecular weight is 258 g/mol. The fourth-order valence-corrected chi connectivity index (χ4v) is 1.77. The van der Waals surface area contributed by atoms with Gasteiger partial charge in [-0.15, -0.1) is 0 Å².